The van der Waals surface area contributed by atoms with Gasteiger partial charge in [-0.2, -0.15) is 0 Å². The fourth-order valence-electron chi connectivity index (χ4n) is 1.40. The number of carbonyl (C=O) groups is 1. The monoisotopic (exact) mass is 236 g/mol. The van der Waals surface area contributed by atoms with Gasteiger partial charge < -0.3 is 10.1 Å². The molecule has 0 aliphatic carbocycles. The molecule has 6 nitrogen and oxygen atoms in total. The normalized spacial score (nSPS) is 26.5. The summed E-state index contributed by atoms with van der Waals surface area (Å²) in [4.78, 5) is 11.6. The second-order valence-electron chi connectivity index (χ2n) is 3.41. The molecule has 1 aliphatic rings. The fraction of sp³-hybridized carbons (Fsp3) is 0.875. The van der Waals surface area contributed by atoms with Crippen LogP contribution in [0.15, 0.2) is 0 Å². The van der Waals surface area contributed by atoms with Crippen LogP contribution in [0.2, 0.25) is 0 Å². The van der Waals surface area contributed by atoms with E-state index in [2.05, 4.69) is 5.32 Å². The first-order valence-electron chi connectivity index (χ1n) is 4.79. The number of hydrogen-bond donors (Lipinski definition) is 2. The lowest BCUT2D eigenvalue weighted by Gasteiger charge is -2.15. The molecule has 0 aromatic rings. The zero-order valence-electron chi connectivity index (χ0n) is 8.82. The molecule has 0 spiro atoms. The Morgan fingerprint density at radius 2 is 2.13 bits per heavy atom. The van der Waals surface area contributed by atoms with Crippen LogP contribution < -0.4 is 10.0 Å². The Bertz CT molecular complexity index is 328. The van der Waals surface area contributed by atoms with E-state index in [0.717, 1.165) is 0 Å². The Morgan fingerprint density at radius 1 is 1.47 bits per heavy atom. The van der Waals surface area contributed by atoms with Crippen LogP contribution in [0.4, 0.5) is 0 Å². The highest BCUT2D eigenvalue weighted by molar-refractivity contribution is 7.90. The first-order chi connectivity index (χ1) is 7.00. The van der Waals surface area contributed by atoms with E-state index in [9.17, 15) is 13.2 Å². The molecule has 2 unspecified atom stereocenters. The van der Waals surface area contributed by atoms with Gasteiger partial charge in [-0.25, -0.2) is 8.42 Å². The summed E-state index contributed by atoms with van der Waals surface area (Å²) in [5.41, 5.74) is 0. The maximum absolute atomic E-state index is 11.6. The molecular formula is C8H16N2O4S. The first-order valence-corrected chi connectivity index (χ1v) is 6.44. The van der Waals surface area contributed by atoms with E-state index in [1.807, 2.05) is 4.72 Å². The summed E-state index contributed by atoms with van der Waals surface area (Å²) >= 11 is 0. The van der Waals surface area contributed by atoms with Gasteiger partial charge in [-0.05, 0) is 14.0 Å². The average Bonchev–Trinajstić information content (AvgIpc) is 2.64. The predicted octanol–water partition coefficient (Wildman–Crippen LogP) is -1.31. The summed E-state index contributed by atoms with van der Waals surface area (Å²) in [7, 11) is -1.75. The van der Waals surface area contributed by atoms with Gasteiger partial charge in [-0.1, -0.05) is 0 Å². The van der Waals surface area contributed by atoms with Crippen LogP contribution >= 0.6 is 0 Å². The minimum absolute atomic E-state index is 0.101. The molecule has 0 aromatic carbocycles. The Morgan fingerprint density at radius 3 is 2.67 bits per heavy atom. The van der Waals surface area contributed by atoms with Crippen molar-refractivity contribution >= 4 is 15.9 Å². The Labute approximate surface area is 89.4 Å². The number of ether oxygens (including phenoxy) is 1. The highest BCUT2D eigenvalue weighted by atomic mass is 32.2. The van der Waals surface area contributed by atoms with Gasteiger partial charge in [0.25, 0.3) is 0 Å². The lowest BCUT2D eigenvalue weighted by molar-refractivity contribution is -0.123. The molecule has 88 valence electrons. The number of sulfonamides is 1. The van der Waals surface area contributed by atoms with Crippen LogP contribution in [0.1, 0.15) is 6.92 Å². The maximum Gasteiger partial charge on any atom is 0.240 e. The molecule has 1 amide bonds. The van der Waals surface area contributed by atoms with Crippen LogP contribution in [0.5, 0.6) is 0 Å². The van der Waals surface area contributed by atoms with Gasteiger partial charge in [0.1, 0.15) is 0 Å². The fourth-order valence-corrected chi connectivity index (χ4v) is 2.00. The molecule has 1 heterocycles. The van der Waals surface area contributed by atoms with Crippen LogP contribution in [0.3, 0.4) is 0 Å². The van der Waals surface area contributed by atoms with E-state index >= 15 is 0 Å². The maximum atomic E-state index is 11.6. The van der Waals surface area contributed by atoms with Crippen molar-refractivity contribution in [2.24, 2.45) is 5.92 Å². The first kappa shape index (κ1) is 12.4. The second-order valence-corrected chi connectivity index (χ2v) is 5.42. The minimum atomic E-state index is -3.47. The molecule has 1 aliphatic heterocycles. The summed E-state index contributed by atoms with van der Waals surface area (Å²) in [5, 5.41) is 2.92. The molecule has 0 radical (unpaired) electrons. The molecule has 7 heteroatoms. The van der Waals surface area contributed by atoms with E-state index in [-0.39, 0.29) is 18.4 Å². The number of rotatable bonds is 4. The molecule has 2 atom stereocenters. The van der Waals surface area contributed by atoms with Gasteiger partial charge in [-0.15, -0.1) is 0 Å². The van der Waals surface area contributed by atoms with E-state index in [1.165, 1.54) is 6.92 Å². The smallest absolute Gasteiger partial charge is 0.240 e. The van der Waals surface area contributed by atoms with Gasteiger partial charge in [0.05, 0.1) is 24.9 Å². The number of likely N-dealkylation sites (N-methyl/N-ethyl adjacent to an activating group) is 1. The molecular weight excluding hydrogens is 220 g/mol. The van der Waals surface area contributed by atoms with Gasteiger partial charge in [0.15, 0.2) is 0 Å². The number of amides is 1. The molecule has 0 saturated carbocycles. The van der Waals surface area contributed by atoms with Crippen molar-refractivity contribution in [3.05, 3.63) is 0 Å². The molecule has 1 rings (SSSR count). The average molecular weight is 236 g/mol. The third-order valence-electron chi connectivity index (χ3n) is 2.42. The van der Waals surface area contributed by atoms with Gasteiger partial charge in [0.2, 0.25) is 15.9 Å². The zero-order chi connectivity index (χ0) is 11.5. The topological polar surface area (TPSA) is 84.5 Å². The summed E-state index contributed by atoms with van der Waals surface area (Å²) in [6.45, 7) is 2.17. The van der Waals surface area contributed by atoms with Gasteiger partial charge in [-0.3, -0.25) is 9.52 Å². The van der Waals surface area contributed by atoms with Crippen molar-refractivity contribution in [1.29, 1.82) is 0 Å². The summed E-state index contributed by atoms with van der Waals surface area (Å²) in [6.07, 6.45) is 0. The molecule has 1 fully saturated rings. The SMILES string of the molecule is CCS(=O)(=O)NC(=O)C1COCC1NC. The number of hydrogen-bond acceptors (Lipinski definition) is 5. The van der Waals surface area contributed by atoms with Crippen molar-refractivity contribution < 1.29 is 17.9 Å². The third-order valence-corrected chi connectivity index (χ3v) is 3.70. The van der Waals surface area contributed by atoms with E-state index in [4.69, 9.17) is 4.74 Å². The Hall–Kier alpha value is -0.660. The molecule has 15 heavy (non-hydrogen) atoms. The van der Waals surface area contributed by atoms with Crippen molar-refractivity contribution in [1.82, 2.24) is 10.0 Å². The predicted molar refractivity (Wildman–Crippen MR) is 54.8 cm³/mol. The van der Waals surface area contributed by atoms with Gasteiger partial charge in [0, 0.05) is 6.04 Å². The molecule has 2 N–H and O–H groups in total. The quantitative estimate of drug-likeness (QED) is 0.633. The molecule has 0 bridgehead atoms. The summed E-state index contributed by atoms with van der Waals surface area (Å²) < 4.78 is 29.5. The van der Waals surface area contributed by atoms with Crippen molar-refractivity contribution in [3.8, 4) is 0 Å². The highest BCUT2D eigenvalue weighted by Gasteiger charge is 2.34. The number of carbonyl (C=O) groups excluding carboxylic acids is 1. The van der Waals surface area contributed by atoms with Crippen LogP contribution in [-0.4, -0.2) is 46.4 Å². The second kappa shape index (κ2) is 4.91. The molecule has 1 saturated heterocycles. The zero-order valence-corrected chi connectivity index (χ0v) is 9.63. The third kappa shape index (κ3) is 3.15. The van der Waals surface area contributed by atoms with Crippen LogP contribution in [0.25, 0.3) is 0 Å². The standard InChI is InChI=1S/C8H16N2O4S/c1-3-15(12,13)10-8(11)6-4-14-5-7(6)9-2/h6-7,9H,3-5H2,1-2H3,(H,10,11). The number of nitrogens with one attached hydrogen (secondary N) is 2. The lowest BCUT2D eigenvalue weighted by atomic mass is 10.0. The summed E-state index contributed by atoms with van der Waals surface area (Å²) in [5.74, 6) is -1.03. The van der Waals surface area contributed by atoms with E-state index < -0.39 is 21.8 Å². The molecule has 0 aromatic heterocycles. The Kier molecular flexibility index (Phi) is 4.06. The van der Waals surface area contributed by atoms with E-state index in [0.29, 0.717) is 6.61 Å². The summed E-state index contributed by atoms with van der Waals surface area (Å²) in [6, 6.07) is -0.114. The Balaban J connectivity index is 2.61. The van der Waals surface area contributed by atoms with Crippen LogP contribution in [0, 0.1) is 5.92 Å². The van der Waals surface area contributed by atoms with Crippen molar-refractivity contribution in [2.75, 3.05) is 26.0 Å². The van der Waals surface area contributed by atoms with Crippen LogP contribution in [-0.2, 0) is 19.6 Å². The van der Waals surface area contributed by atoms with E-state index in [1.54, 1.807) is 7.05 Å². The van der Waals surface area contributed by atoms with Crippen molar-refractivity contribution in [2.45, 2.75) is 13.0 Å². The minimum Gasteiger partial charge on any atom is -0.379 e. The van der Waals surface area contributed by atoms with Gasteiger partial charge >= 0.3 is 0 Å². The largest absolute Gasteiger partial charge is 0.379 e. The van der Waals surface area contributed by atoms with Crippen molar-refractivity contribution in [3.63, 3.8) is 0 Å². The lowest BCUT2D eigenvalue weighted by Crippen LogP contribution is -2.44. The highest BCUT2D eigenvalue weighted by Crippen LogP contribution is 2.13.